The van der Waals surface area contributed by atoms with Gasteiger partial charge in [-0.1, -0.05) is 28.1 Å². The van der Waals surface area contributed by atoms with E-state index in [1.165, 1.54) is 0 Å². The minimum Gasteiger partial charge on any atom is -0.322 e. The number of benzene rings is 2. The second kappa shape index (κ2) is 7.25. The van der Waals surface area contributed by atoms with Gasteiger partial charge >= 0.3 is 0 Å². The normalized spacial score (nSPS) is 10.3. The minimum absolute atomic E-state index is 0.144. The maximum Gasteiger partial charge on any atom is 0.256 e. The number of carbonyl (C=O) groups excluding carboxylic acids is 1. The van der Waals surface area contributed by atoms with Gasteiger partial charge in [0.25, 0.3) is 5.91 Å². The Balaban J connectivity index is 2.11. The number of hydrogen-bond acceptors (Lipinski definition) is 1. The molecule has 1 amide bonds. The highest BCUT2D eigenvalue weighted by Gasteiger charge is 2.10. The van der Waals surface area contributed by atoms with Gasteiger partial charge in [0.2, 0.25) is 0 Å². The van der Waals surface area contributed by atoms with E-state index in [1.807, 2.05) is 36.4 Å². The summed E-state index contributed by atoms with van der Waals surface area (Å²) < 4.78 is 1.68. The molecule has 104 valence electrons. The number of amides is 1. The van der Waals surface area contributed by atoms with Crippen LogP contribution in [0.15, 0.2) is 51.4 Å². The number of halogens is 3. The van der Waals surface area contributed by atoms with E-state index >= 15 is 0 Å². The number of carbonyl (C=O) groups is 1. The molecule has 2 aromatic rings. The zero-order chi connectivity index (χ0) is 14.5. The van der Waals surface area contributed by atoms with E-state index < -0.39 is 0 Å². The maximum absolute atomic E-state index is 12.2. The van der Waals surface area contributed by atoms with Crippen molar-refractivity contribution in [1.29, 1.82) is 0 Å². The van der Waals surface area contributed by atoms with Crippen molar-refractivity contribution < 1.29 is 4.79 Å². The lowest BCUT2D eigenvalue weighted by molar-refractivity contribution is 0.102. The molecule has 5 heteroatoms. The zero-order valence-corrected chi connectivity index (χ0v) is 14.4. The average molecular weight is 418 g/mol. The van der Waals surface area contributed by atoms with Crippen molar-refractivity contribution in [2.75, 3.05) is 11.2 Å². The second-order valence-electron chi connectivity index (χ2n) is 4.21. The number of nitrogens with one attached hydrogen (secondary N) is 1. The molecule has 0 saturated heterocycles. The van der Waals surface area contributed by atoms with Crippen LogP contribution in [0.1, 0.15) is 15.9 Å². The van der Waals surface area contributed by atoms with E-state index in [9.17, 15) is 4.79 Å². The van der Waals surface area contributed by atoms with Gasteiger partial charge in [0.05, 0.1) is 5.56 Å². The van der Waals surface area contributed by atoms with Gasteiger partial charge in [-0.15, -0.1) is 11.6 Å². The van der Waals surface area contributed by atoms with Gasteiger partial charge < -0.3 is 5.32 Å². The summed E-state index contributed by atoms with van der Waals surface area (Å²) in [5.74, 6) is 0.451. The Kier molecular flexibility index (Phi) is 5.64. The summed E-state index contributed by atoms with van der Waals surface area (Å²) in [5.41, 5.74) is 2.52. The Morgan fingerprint density at radius 1 is 1.10 bits per heavy atom. The predicted octanol–water partition coefficient (Wildman–Crippen LogP) is 5.25. The Labute approximate surface area is 139 Å². The molecule has 0 fully saturated rings. The SMILES string of the molecule is O=C(Nc1ccc(CCCl)cc1)c1ccc(Br)cc1Br. The summed E-state index contributed by atoms with van der Waals surface area (Å²) in [4.78, 5) is 12.2. The van der Waals surface area contributed by atoms with Crippen LogP contribution in [0.25, 0.3) is 0 Å². The molecular weight excluding hydrogens is 405 g/mol. The Morgan fingerprint density at radius 2 is 1.80 bits per heavy atom. The van der Waals surface area contributed by atoms with Crippen LogP contribution < -0.4 is 5.32 Å². The molecule has 0 radical (unpaired) electrons. The van der Waals surface area contributed by atoms with Crippen LogP contribution in [0.2, 0.25) is 0 Å². The molecule has 0 spiro atoms. The van der Waals surface area contributed by atoms with Crippen LogP contribution in [-0.2, 0) is 6.42 Å². The molecule has 0 heterocycles. The van der Waals surface area contributed by atoms with E-state index in [-0.39, 0.29) is 5.91 Å². The third-order valence-corrected chi connectivity index (χ3v) is 4.11. The molecule has 1 N–H and O–H groups in total. The van der Waals surface area contributed by atoms with Crippen molar-refractivity contribution >= 4 is 55.1 Å². The first-order chi connectivity index (χ1) is 9.60. The van der Waals surface area contributed by atoms with Gasteiger partial charge in [-0.25, -0.2) is 0 Å². The summed E-state index contributed by atoms with van der Waals surface area (Å²) in [6, 6.07) is 13.1. The van der Waals surface area contributed by atoms with Crippen molar-refractivity contribution in [1.82, 2.24) is 0 Å². The van der Waals surface area contributed by atoms with E-state index in [4.69, 9.17) is 11.6 Å². The molecule has 0 aromatic heterocycles. The van der Waals surface area contributed by atoms with Crippen LogP contribution in [0.5, 0.6) is 0 Å². The van der Waals surface area contributed by atoms with E-state index in [1.54, 1.807) is 6.07 Å². The fraction of sp³-hybridized carbons (Fsp3) is 0.133. The number of anilines is 1. The van der Waals surface area contributed by atoms with Crippen molar-refractivity contribution in [2.24, 2.45) is 0 Å². The predicted molar refractivity (Wildman–Crippen MR) is 90.7 cm³/mol. The summed E-state index contributed by atoms with van der Waals surface area (Å²) >= 11 is 12.4. The standard InChI is InChI=1S/C15H12Br2ClNO/c16-11-3-6-13(14(17)9-11)15(20)19-12-4-1-10(2-5-12)7-8-18/h1-6,9H,7-8H2,(H,19,20). The Morgan fingerprint density at radius 3 is 2.40 bits per heavy atom. The monoisotopic (exact) mass is 415 g/mol. The molecule has 2 rings (SSSR count). The Hall–Kier alpha value is -0.840. The molecule has 2 nitrogen and oxygen atoms in total. The highest BCUT2D eigenvalue weighted by molar-refractivity contribution is 9.11. The van der Waals surface area contributed by atoms with Gasteiger partial charge in [-0.05, 0) is 58.2 Å². The molecule has 20 heavy (non-hydrogen) atoms. The third kappa shape index (κ3) is 4.08. The quantitative estimate of drug-likeness (QED) is 0.677. The van der Waals surface area contributed by atoms with Gasteiger partial charge in [0.15, 0.2) is 0 Å². The molecule has 0 aliphatic carbocycles. The van der Waals surface area contributed by atoms with Gasteiger partial charge in [0, 0.05) is 20.5 Å². The number of aryl methyl sites for hydroxylation is 1. The van der Waals surface area contributed by atoms with Crippen molar-refractivity contribution in [3.8, 4) is 0 Å². The van der Waals surface area contributed by atoms with Gasteiger partial charge in [-0.2, -0.15) is 0 Å². The lowest BCUT2D eigenvalue weighted by Gasteiger charge is -2.08. The van der Waals surface area contributed by atoms with Gasteiger partial charge in [-0.3, -0.25) is 4.79 Å². The number of alkyl halides is 1. The third-order valence-electron chi connectivity index (χ3n) is 2.77. The molecule has 0 atom stereocenters. The second-order valence-corrected chi connectivity index (χ2v) is 6.36. The molecule has 0 unspecified atom stereocenters. The van der Waals surface area contributed by atoms with E-state index in [0.717, 1.165) is 26.6 Å². The molecule has 0 saturated carbocycles. The average Bonchev–Trinajstić information content (AvgIpc) is 2.41. The summed E-state index contributed by atoms with van der Waals surface area (Å²) in [7, 11) is 0. The lowest BCUT2D eigenvalue weighted by Crippen LogP contribution is -2.12. The maximum atomic E-state index is 12.2. The minimum atomic E-state index is -0.144. The first kappa shape index (κ1) is 15.5. The first-order valence-corrected chi connectivity index (χ1v) is 8.13. The molecule has 0 aliphatic rings. The topological polar surface area (TPSA) is 29.1 Å². The summed E-state index contributed by atoms with van der Waals surface area (Å²) in [6.07, 6.45) is 0.827. The highest BCUT2D eigenvalue weighted by atomic mass is 79.9. The van der Waals surface area contributed by atoms with Crippen LogP contribution in [0.4, 0.5) is 5.69 Å². The summed E-state index contributed by atoms with van der Waals surface area (Å²) in [5, 5.41) is 2.87. The summed E-state index contributed by atoms with van der Waals surface area (Å²) in [6.45, 7) is 0. The van der Waals surface area contributed by atoms with Gasteiger partial charge in [0.1, 0.15) is 0 Å². The van der Waals surface area contributed by atoms with E-state index in [0.29, 0.717) is 11.4 Å². The molecule has 0 bridgehead atoms. The lowest BCUT2D eigenvalue weighted by atomic mass is 10.1. The zero-order valence-electron chi connectivity index (χ0n) is 10.5. The van der Waals surface area contributed by atoms with E-state index in [2.05, 4.69) is 37.2 Å². The smallest absolute Gasteiger partial charge is 0.256 e. The Bertz CT molecular complexity index is 614. The van der Waals surface area contributed by atoms with Crippen molar-refractivity contribution in [2.45, 2.75) is 6.42 Å². The largest absolute Gasteiger partial charge is 0.322 e. The number of rotatable bonds is 4. The van der Waals surface area contributed by atoms with Crippen LogP contribution >= 0.6 is 43.5 Å². The van der Waals surface area contributed by atoms with Crippen LogP contribution in [0, 0.1) is 0 Å². The van der Waals surface area contributed by atoms with Crippen LogP contribution in [0.3, 0.4) is 0 Å². The fourth-order valence-electron chi connectivity index (χ4n) is 1.74. The van der Waals surface area contributed by atoms with Crippen molar-refractivity contribution in [3.05, 3.63) is 62.5 Å². The first-order valence-electron chi connectivity index (χ1n) is 6.01. The molecular formula is C15H12Br2ClNO. The molecule has 0 aliphatic heterocycles. The highest BCUT2D eigenvalue weighted by Crippen LogP contribution is 2.23. The van der Waals surface area contributed by atoms with Crippen molar-refractivity contribution in [3.63, 3.8) is 0 Å². The molecule has 2 aromatic carbocycles. The van der Waals surface area contributed by atoms with Crippen LogP contribution in [-0.4, -0.2) is 11.8 Å². The fourth-order valence-corrected chi connectivity index (χ4v) is 3.18. The number of hydrogen-bond donors (Lipinski definition) is 1.